The number of rotatable bonds is 6. The summed E-state index contributed by atoms with van der Waals surface area (Å²) < 4.78 is 27.0. The van der Waals surface area contributed by atoms with Crippen LogP contribution in [0.5, 0.6) is 0 Å². The van der Waals surface area contributed by atoms with Crippen LogP contribution in [-0.4, -0.2) is 62.8 Å². The molecule has 1 saturated heterocycles. The highest BCUT2D eigenvalue weighted by molar-refractivity contribution is 7.89. The van der Waals surface area contributed by atoms with Crippen LogP contribution in [0.3, 0.4) is 0 Å². The normalized spacial score (nSPS) is 20.5. The number of nitrogens with one attached hydrogen (secondary N) is 1. The Morgan fingerprint density at radius 3 is 2.30 bits per heavy atom. The molecule has 7 heteroatoms. The van der Waals surface area contributed by atoms with Crippen LogP contribution in [0.1, 0.15) is 37.7 Å². The highest BCUT2D eigenvalue weighted by Crippen LogP contribution is 2.22. The molecule has 0 bridgehead atoms. The molecule has 3 rings (SSSR count). The van der Waals surface area contributed by atoms with E-state index in [-0.39, 0.29) is 5.91 Å². The summed E-state index contributed by atoms with van der Waals surface area (Å²) in [6, 6.07) is 6.96. The van der Waals surface area contributed by atoms with Crippen molar-refractivity contribution in [1.29, 1.82) is 0 Å². The van der Waals surface area contributed by atoms with E-state index < -0.39 is 10.0 Å². The molecule has 0 unspecified atom stereocenters. The van der Waals surface area contributed by atoms with E-state index in [9.17, 15) is 13.2 Å². The maximum atomic E-state index is 12.7. The van der Waals surface area contributed by atoms with Gasteiger partial charge in [-0.25, -0.2) is 8.42 Å². The van der Waals surface area contributed by atoms with Crippen molar-refractivity contribution in [1.82, 2.24) is 14.5 Å². The molecular formula is C20H31N3O3S. The van der Waals surface area contributed by atoms with E-state index in [1.807, 2.05) is 24.0 Å². The summed E-state index contributed by atoms with van der Waals surface area (Å²) in [7, 11) is -3.45. The smallest absolute Gasteiger partial charge is 0.243 e. The van der Waals surface area contributed by atoms with E-state index in [2.05, 4.69) is 5.32 Å². The first-order valence-corrected chi connectivity index (χ1v) is 11.4. The van der Waals surface area contributed by atoms with Crippen LogP contribution < -0.4 is 5.32 Å². The number of piperazine rings is 1. The largest absolute Gasteiger partial charge is 0.355 e. The van der Waals surface area contributed by atoms with E-state index in [1.54, 1.807) is 12.1 Å². The van der Waals surface area contributed by atoms with Crippen molar-refractivity contribution < 1.29 is 13.2 Å². The number of benzene rings is 1. The number of aryl methyl sites for hydroxylation is 1. The number of carbonyl (C=O) groups is 1. The van der Waals surface area contributed by atoms with Gasteiger partial charge in [0.2, 0.25) is 15.9 Å². The van der Waals surface area contributed by atoms with Gasteiger partial charge in [0, 0.05) is 32.7 Å². The Balaban J connectivity index is 1.44. The van der Waals surface area contributed by atoms with Gasteiger partial charge in [-0.1, -0.05) is 37.0 Å². The third-order valence-corrected chi connectivity index (χ3v) is 7.58. The second-order valence-electron chi connectivity index (χ2n) is 7.80. The third kappa shape index (κ3) is 5.53. The fraction of sp³-hybridized carbons (Fsp3) is 0.650. The van der Waals surface area contributed by atoms with Gasteiger partial charge in [0.1, 0.15) is 0 Å². The Kier molecular flexibility index (Phi) is 6.89. The van der Waals surface area contributed by atoms with Gasteiger partial charge in [-0.15, -0.1) is 0 Å². The second kappa shape index (κ2) is 9.17. The van der Waals surface area contributed by atoms with Gasteiger partial charge < -0.3 is 5.32 Å². The summed E-state index contributed by atoms with van der Waals surface area (Å²) >= 11 is 0. The summed E-state index contributed by atoms with van der Waals surface area (Å²) in [6.45, 7) is 5.09. The molecule has 1 saturated carbocycles. The lowest BCUT2D eigenvalue weighted by Gasteiger charge is -2.33. The molecule has 1 amide bonds. The Morgan fingerprint density at radius 2 is 1.67 bits per heavy atom. The van der Waals surface area contributed by atoms with Crippen molar-refractivity contribution in [2.24, 2.45) is 5.92 Å². The Hall–Kier alpha value is -1.44. The standard InChI is InChI=1S/C20H31N3O3S/c1-17-7-9-19(10-8-17)27(25,26)23-13-11-22(12-14-23)16-20(24)21-15-18-5-3-2-4-6-18/h7-10,18H,2-6,11-16H2,1H3,(H,21,24). The van der Waals surface area contributed by atoms with Crippen LogP contribution >= 0.6 is 0 Å². The Labute approximate surface area is 163 Å². The molecule has 0 spiro atoms. The lowest BCUT2D eigenvalue weighted by Crippen LogP contribution is -2.51. The van der Waals surface area contributed by atoms with Crippen molar-refractivity contribution in [3.05, 3.63) is 29.8 Å². The fourth-order valence-corrected chi connectivity index (χ4v) is 5.32. The van der Waals surface area contributed by atoms with Crippen LogP contribution in [-0.2, 0) is 14.8 Å². The highest BCUT2D eigenvalue weighted by Gasteiger charge is 2.29. The van der Waals surface area contributed by atoms with Gasteiger partial charge >= 0.3 is 0 Å². The van der Waals surface area contributed by atoms with E-state index in [0.29, 0.717) is 43.5 Å². The van der Waals surface area contributed by atoms with Gasteiger partial charge in [0.25, 0.3) is 0 Å². The summed E-state index contributed by atoms with van der Waals surface area (Å²) in [5.41, 5.74) is 1.04. The maximum absolute atomic E-state index is 12.7. The topological polar surface area (TPSA) is 69.7 Å². The van der Waals surface area contributed by atoms with Gasteiger partial charge in [-0.2, -0.15) is 4.31 Å². The van der Waals surface area contributed by atoms with Crippen LogP contribution in [0.2, 0.25) is 0 Å². The van der Waals surface area contributed by atoms with E-state index in [1.165, 1.54) is 36.4 Å². The summed E-state index contributed by atoms with van der Waals surface area (Å²) in [5.74, 6) is 0.676. The SMILES string of the molecule is Cc1ccc(S(=O)(=O)N2CCN(CC(=O)NCC3CCCCC3)CC2)cc1. The van der Waals surface area contributed by atoms with Gasteiger partial charge in [0.15, 0.2) is 0 Å². The molecule has 0 aromatic heterocycles. The molecule has 6 nitrogen and oxygen atoms in total. The van der Waals surface area contributed by atoms with Crippen LogP contribution in [0.4, 0.5) is 0 Å². The predicted molar refractivity (Wildman–Crippen MR) is 106 cm³/mol. The molecule has 150 valence electrons. The van der Waals surface area contributed by atoms with Crippen molar-refractivity contribution in [2.45, 2.75) is 43.9 Å². The molecule has 0 radical (unpaired) electrons. The lowest BCUT2D eigenvalue weighted by atomic mass is 9.89. The van der Waals surface area contributed by atoms with Gasteiger partial charge in [-0.05, 0) is 37.8 Å². The zero-order valence-electron chi connectivity index (χ0n) is 16.2. The van der Waals surface area contributed by atoms with Crippen molar-refractivity contribution in [3.8, 4) is 0 Å². The van der Waals surface area contributed by atoms with Crippen molar-refractivity contribution >= 4 is 15.9 Å². The molecule has 2 aliphatic rings. The minimum Gasteiger partial charge on any atom is -0.355 e. The minimum absolute atomic E-state index is 0.0513. The molecule has 1 heterocycles. The number of sulfonamides is 1. The van der Waals surface area contributed by atoms with Crippen LogP contribution in [0.15, 0.2) is 29.2 Å². The van der Waals surface area contributed by atoms with E-state index >= 15 is 0 Å². The lowest BCUT2D eigenvalue weighted by molar-refractivity contribution is -0.122. The highest BCUT2D eigenvalue weighted by atomic mass is 32.2. The minimum atomic E-state index is -3.45. The van der Waals surface area contributed by atoms with Crippen molar-refractivity contribution in [2.75, 3.05) is 39.3 Å². The number of carbonyl (C=O) groups excluding carboxylic acids is 1. The Morgan fingerprint density at radius 1 is 1.04 bits per heavy atom. The number of hydrogen-bond acceptors (Lipinski definition) is 4. The number of amides is 1. The molecule has 1 aromatic carbocycles. The quantitative estimate of drug-likeness (QED) is 0.803. The van der Waals surface area contributed by atoms with Gasteiger partial charge in [0.05, 0.1) is 11.4 Å². The first-order valence-electron chi connectivity index (χ1n) is 10.0. The zero-order valence-corrected chi connectivity index (χ0v) is 17.0. The molecule has 1 aromatic rings. The molecule has 1 N–H and O–H groups in total. The summed E-state index contributed by atoms with van der Waals surface area (Å²) in [5, 5.41) is 3.06. The number of hydrogen-bond donors (Lipinski definition) is 1. The van der Waals surface area contributed by atoms with E-state index in [4.69, 9.17) is 0 Å². The fourth-order valence-electron chi connectivity index (χ4n) is 3.90. The average molecular weight is 394 g/mol. The molecular weight excluding hydrogens is 362 g/mol. The molecule has 27 heavy (non-hydrogen) atoms. The van der Waals surface area contributed by atoms with Crippen LogP contribution in [0.25, 0.3) is 0 Å². The molecule has 1 aliphatic heterocycles. The predicted octanol–water partition coefficient (Wildman–Crippen LogP) is 2.00. The Bertz CT molecular complexity index is 719. The molecule has 2 fully saturated rings. The first kappa shape index (κ1) is 20.3. The van der Waals surface area contributed by atoms with Gasteiger partial charge in [-0.3, -0.25) is 9.69 Å². The van der Waals surface area contributed by atoms with Crippen LogP contribution in [0, 0.1) is 12.8 Å². The second-order valence-corrected chi connectivity index (χ2v) is 9.74. The average Bonchev–Trinajstić information content (AvgIpc) is 2.68. The zero-order chi connectivity index (χ0) is 19.3. The molecule has 1 aliphatic carbocycles. The number of nitrogens with zero attached hydrogens (tertiary/aromatic N) is 2. The van der Waals surface area contributed by atoms with Crippen molar-refractivity contribution in [3.63, 3.8) is 0 Å². The van der Waals surface area contributed by atoms with E-state index in [0.717, 1.165) is 12.1 Å². The summed E-state index contributed by atoms with van der Waals surface area (Å²) in [4.78, 5) is 14.6. The maximum Gasteiger partial charge on any atom is 0.243 e. The summed E-state index contributed by atoms with van der Waals surface area (Å²) in [6.07, 6.45) is 6.31. The molecule has 0 atom stereocenters. The third-order valence-electron chi connectivity index (χ3n) is 5.67. The first-order chi connectivity index (χ1) is 12.9. The monoisotopic (exact) mass is 393 g/mol.